The minimum Gasteiger partial charge on any atom is -0.225 e. The Balaban J connectivity index is 2.12. The summed E-state index contributed by atoms with van der Waals surface area (Å²) in [5.41, 5.74) is 1.39. The average molecular weight is 235 g/mol. The fourth-order valence-corrected chi connectivity index (χ4v) is 4.15. The third-order valence-corrected chi connectivity index (χ3v) is 5.00. The van der Waals surface area contributed by atoms with Crippen LogP contribution >= 0.6 is 10.9 Å². The van der Waals surface area contributed by atoms with Gasteiger partial charge in [-0.1, -0.05) is 19.9 Å². The minimum atomic E-state index is -0.139. The summed E-state index contributed by atoms with van der Waals surface area (Å²) in [5, 5.41) is 4.67. The summed E-state index contributed by atoms with van der Waals surface area (Å²) in [4.78, 5) is 12.4. The van der Waals surface area contributed by atoms with Gasteiger partial charge in [0.2, 0.25) is 0 Å². The Labute approximate surface area is 99.1 Å². The van der Waals surface area contributed by atoms with Crippen LogP contribution in [0.25, 0.3) is 0 Å². The van der Waals surface area contributed by atoms with Gasteiger partial charge in [-0.15, -0.1) is 0 Å². The second-order valence-corrected chi connectivity index (χ2v) is 6.61. The molecule has 4 heteroatoms. The molecular weight excluding hydrogens is 218 g/mol. The lowest BCUT2D eigenvalue weighted by molar-refractivity contribution is 0.551. The molecule has 0 N–H and O–H groups in total. The summed E-state index contributed by atoms with van der Waals surface area (Å²) < 4.78 is 0. The highest BCUT2D eigenvalue weighted by atomic mass is 32.2. The van der Waals surface area contributed by atoms with Crippen LogP contribution < -0.4 is 0 Å². The summed E-state index contributed by atoms with van der Waals surface area (Å²) in [7, 11) is -0.139. The lowest BCUT2D eigenvalue weighted by Crippen LogP contribution is -2.24. The Morgan fingerprint density at radius 2 is 1.94 bits per heavy atom. The molecule has 1 aromatic rings. The van der Waals surface area contributed by atoms with E-state index in [1.165, 1.54) is 5.57 Å². The van der Waals surface area contributed by atoms with Crippen molar-refractivity contribution >= 4 is 10.9 Å². The van der Waals surface area contributed by atoms with E-state index < -0.39 is 0 Å². The molecule has 3 nitrogen and oxygen atoms in total. The van der Waals surface area contributed by atoms with Gasteiger partial charge in [0, 0.05) is 5.41 Å². The summed E-state index contributed by atoms with van der Waals surface area (Å²) in [5.74, 6) is 1.98. The quantitative estimate of drug-likeness (QED) is 0.818. The summed E-state index contributed by atoms with van der Waals surface area (Å²) >= 11 is 0. The van der Waals surface area contributed by atoms with Crippen molar-refractivity contribution in [1.82, 2.24) is 15.0 Å². The predicted molar refractivity (Wildman–Crippen MR) is 69.6 cm³/mol. The topological polar surface area (TPSA) is 38.7 Å². The molecule has 0 saturated heterocycles. The Bertz CT molecular complexity index is 423. The average Bonchev–Trinajstić information content (AvgIpc) is 2.64. The second-order valence-electron chi connectivity index (χ2n) is 4.71. The van der Waals surface area contributed by atoms with Crippen LogP contribution in [0.3, 0.4) is 0 Å². The molecular formula is C12H17N3S. The third-order valence-electron chi connectivity index (χ3n) is 2.57. The number of rotatable bonds is 3. The summed E-state index contributed by atoms with van der Waals surface area (Å²) in [6.07, 6.45) is 5.35. The van der Waals surface area contributed by atoms with Gasteiger partial charge in [0.05, 0.1) is 0 Å². The van der Waals surface area contributed by atoms with Crippen LogP contribution in [0.1, 0.15) is 26.6 Å². The van der Waals surface area contributed by atoms with Gasteiger partial charge in [0.25, 0.3) is 0 Å². The van der Waals surface area contributed by atoms with Gasteiger partial charge in [-0.2, -0.15) is 0 Å². The first kappa shape index (κ1) is 11.3. The van der Waals surface area contributed by atoms with Gasteiger partial charge in [-0.25, -0.2) is 25.8 Å². The smallest absolute Gasteiger partial charge is 0.138 e. The van der Waals surface area contributed by atoms with E-state index in [4.69, 9.17) is 0 Å². The van der Waals surface area contributed by atoms with E-state index in [9.17, 15) is 0 Å². The fourth-order valence-electron chi connectivity index (χ4n) is 1.78. The lowest BCUT2D eigenvalue weighted by atomic mass is 9.95. The Morgan fingerprint density at radius 1 is 1.25 bits per heavy atom. The maximum Gasteiger partial charge on any atom is 0.138 e. The van der Waals surface area contributed by atoms with Crippen LogP contribution in [-0.4, -0.2) is 20.7 Å². The predicted octanol–water partition coefficient (Wildman–Crippen LogP) is 2.58. The highest BCUT2D eigenvalue weighted by Gasteiger charge is 2.25. The molecule has 1 aliphatic heterocycles. The molecule has 0 bridgehead atoms. The SMILES string of the molecule is CC1=C[SH](CC(C)(C)c2ncncn2)C=C1. The van der Waals surface area contributed by atoms with Crippen molar-refractivity contribution in [1.29, 1.82) is 0 Å². The Kier molecular flexibility index (Phi) is 3.10. The van der Waals surface area contributed by atoms with Crippen molar-refractivity contribution in [3.63, 3.8) is 0 Å². The molecule has 1 atom stereocenters. The van der Waals surface area contributed by atoms with Gasteiger partial charge < -0.3 is 0 Å². The van der Waals surface area contributed by atoms with Crippen LogP contribution in [0.2, 0.25) is 0 Å². The molecule has 0 amide bonds. The van der Waals surface area contributed by atoms with Crippen LogP contribution in [-0.2, 0) is 5.41 Å². The van der Waals surface area contributed by atoms with E-state index in [1.54, 1.807) is 12.7 Å². The molecule has 1 aliphatic rings. The minimum absolute atomic E-state index is 0.0140. The van der Waals surface area contributed by atoms with Gasteiger partial charge in [-0.3, -0.25) is 0 Å². The zero-order valence-corrected chi connectivity index (χ0v) is 10.8. The van der Waals surface area contributed by atoms with E-state index in [0.29, 0.717) is 0 Å². The monoisotopic (exact) mass is 235 g/mol. The molecule has 2 rings (SSSR count). The number of thiol groups is 1. The van der Waals surface area contributed by atoms with Crippen LogP contribution in [0, 0.1) is 0 Å². The van der Waals surface area contributed by atoms with Gasteiger partial charge >= 0.3 is 0 Å². The molecule has 86 valence electrons. The molecule has 16 heavy (non-hydrogen) atoms. The van der Waals surface area contributed by atoms with E-state index in [-0.39, 0.29) is 16.3 Å². The van der Waals surface area contributed by atoms with Crippen molar-refractivity contribution < 1.29 is 0 Å². The Hall–Kier alpha value is -1.16. The first-order chi connectivity index (χ1) is 7.58. The van der Waals surface area contributed by atoms with Crippen molar-refractivity contribution in [2.45, 2.75) is 26.2 Å². The third kappa shape index (κ3) is 2.50. The zero-order chi connectivity index (χ0) is 11.6. The van der Waals surface area contributed by atoms with Gasteiger partial charge in [-0.05, 0) is 29.1 Å². The van der Waals surface area contributed by atoms with Crippen molar-refractivity contribution in [3.8, 4) is 0 Å². The van der Waals surface area contributed by atoms with Crippen LogP contribution in [0.4, 0.5) is 0 Å². The lowest BCUT2D eigenvalue weighted by Gasteiger charge is -2.26. The maximum atomic E-state index is 4.25. The number of allylic oxidation sites excluding steroid dienone is 2. The summed E-state index contributed by atoms with van der Waals surface area (Å²) in [6, 6.07) is 0. The van der Waals surface area contributed by atoms with Crippen LogP contribution in [0.5, 0.6) is 0 Å². The number of hydrogen-bond acceptors (Lipinski definition) is 3. The van der Waals surface area contributed by atoms with Gasteiger partial charge in [0.15, 0.2) is 0 Å². The highest BCUT2D eigenvalue weighted by molar-refractivity contribution is 8.22. The molecule has 2 heterocycles. The normalized spacial score (nSPS) is 22.2. The standard InChI is InChI=1S/C12H17N3S/c1-10-4-5-16(6-10)7-12(2,3)11-14-8-13-9-15-11/h4-6,8-9,16H,7H2,1-3H3. The second kappa shape index (κ2) is 4.37. The summed E-state index contributed by atoms with van der Waals surface area (Å²) in [6.45, 7) is 6.54. The number of hydrogen-bond donors (Lipinski definition) is 1. The van der Waals surface area contributed by atoms with E-state index in [0.717, 1.165) is 11.6 Å². The molecule has 1 aromatic heterocycles. The highest BCUT2D eigenvalue weighted by Crippen LogP contribution is 2.41. The molecule has 0 radical (unpaired) electrons. The molecule has 0 fully saturated rings. The van der Waals surface area contributed by atoms with E-state index in [1.807, 2.05) is 0 Å². The van der Waals surface area contributed by atoms with Crippen molar-refractivity contribution in [2.24, 2.45) is 0 Å². The zero-order valence-electron chi connectivity index (χ0n) is 9.88. The number of aromatic nitrogens is 3. The number of nitrogens with zero attached hydrogens (tertiary/aromatic N) is 3. The van der Waals surface area contributed by atoms with E-state index >= 15 is 0 Å². The molecule has 0 aromatic carbocycles. The largest absolute Gasteiger partial charge is 0.225 e. The Morgan fingerprint density at radius 3 is 2.50 bits per heavy atom. The fraction of sp³-hybridized carbons (Fsp3) is 0.417. The molecule has 0 saturated carbocycles. The maximum absolute atomic E-state index is 4.25. The molecule has 0 aliphatic carbocycles. The van der Waals surface area contributed by atoms with Crippen molar-refractivity contribution in [3.05, 3.63) is 40.9 Å². The van der Waals surface area contributed by atoms with Crippen LogP contribution in [0.15, 0.2) is 35.1 Å². The van der Waals surface area contributed by atoms with Crippen molar-refractivity contribution in [2.75, 3.05) is 5.75 Å². The molecule has 1 unspecified atom stereocenters. The van der Waals surface area contributed by atoms with Gasteiger partial charge in [0.1, 0.15) is 18.5 Å². The van der Waals surface area contributed by atoms with E-state index in [2.05, 4.69) is 52.6 Å². The first-order valence-corrected chi connectivity index (χ1v) is 6.99. The molecule has 0 spiro atoms. The first-order valence-electron chi connectivity index (χ1n) is 5.33.